The fourth-order valence-electron chi connectivity index (χ4n) is 3.44. The average molecular weight is 441 g/mol. The molecule has 0 spiro atoms. The lowest BCUT2D eigenvalue weighted by Crippen LogP contribution is -2.33. The van der Waals surface area contributed by atoms with Gasteiger partial charge in [0, 0.05) is 23.4 Å². The molecule has 3 rings (SSSR count). The van der Waals surface area contributed by atoms with Crippen molar-refractivity contribution >= 4 is 34.6 Å². The van der Waals surface area contributed by atoms with Crippen LogP contribution in [0.15, 0.2) is 48.7 Å². The van der Waals surface area contributed by atoms with Crippen molar-refractivity contribution in [2.45, 2.75) is 31.8 Å². The Kier molecular flexibility index (Phi) is 6.28. The molecule has 32 heavy (non-hydrogen) atoms. The molecule has 0 aliphatic carbocycles. The molecule has 2 atom stereocenters. The third-order valence-electron chi connectivity index (χ3n) is 4.99. The summed E-state index contributed by atoms with van der Waals surface area (Å²) in [5.74, 6) is -1.96. The highest BCUT2D eigenvalue weighted by atomic mass is 16.8. The van der Waals surface area contributed by atoms with Crippen LogP contribution in [0.2, 0.25) is 0 Å². The molecule has 1 aliphatic rings. The molecule has 10 heteroatoms. The number of nitrogens with two attached hydrogens (primary N) is 4. The SMILES string of the molecule is C=C(Nc1ccc(C(N)=O)cc1N)[C@H]1OC(C)(C)O[C@@H]1CNc1ccc(C(N)=O)cc1N. The van der Waals surface area contributed by atoms with Gasteiger partial charge in [0.2, 0.25) is 11.8 Å². The lowest BCUT2D eigenvalue weighted by Gasteiger charge is -2.22. The van der Waals surface area contributed by atoms with Crippen molar-refractivity contribution in [3.05, 3.63) is 59.8 Å². The summed E-state index contributed by atoms with van der Waals surface area (Å²) in [5.41, 5.74) is 25.7. The van der Waals surface area contributed by atoms with Crippen LogP contribution in [-0.2, 0) is 9.47 Å². The first kappa shape index (κ1) is 22.9. The average Bonchev–Trinajstić information content (AvgIpc) is 3.02. The Morgan fingerprint density at radius 3 is 2.00 bits per heavy atom. The van der Waals surface area contributed by atoms with Crippen molar-refractivity contribution in [2.75, 3.05) is 28.6 Å². The Bertz CT molecular complexity index is 1070. The molecule has 10 nitrogen and oxygen atoms in total. The maximum Gasteiger partial charge on any atom is 0.248 e. The summed E-state index contributed by atoms with van der Waals surface area (Å²) in [4.78, 5) is 22.6. The molecular weight excluding hydrogens is 412 g/mol. The van der Waals surface area contributed by atoms with E-state index in [0.29, 0.717) is 46.1 Å². The van der Waals surface area contributed by atoms with Crippen molar-refractivity contribution in [1.29, 1.82) is 0 Å². The first-order chi connectivity index (χ1) is 15.0. The fraction of sp³-hybridized carbons (Fsp3) is 0.273. The molecule has 1 heterocycles. The molecule has 10 N–H and O–H groups in total. The summed E-state index contributed by atoms with van der Waals surface area (Å²) in [5, 5.41) is 6.35. The maximum absolute atomic E-state index is 11.3. The van der Waals surface area contributed by atoms with Crippen LogP contribution < -0.4 is 33.6 Å². The molecule has 2 aromatic rings. The Morgan fingerprint density at radius 1 is 0.969 bits per heavy atom. The topological polar surface area (TPSA) is 181 Å². The van der Waals surface area contributed by atoms with Crippen LogP contribution in [0, 0.1) is 0 Å². The van der Waals surface area contributed by atoms with Gasteiger partial charge in [-0.3, -0.25) is 9.59 Å². The van der Waals surface area contributed by atoms with E-state index >= 15 is 0 Å². The highest BCUT2D eigenvalue weighted by molar-refractivity contribution is 5.95. The van der Waals surface area contributed by atoms with E-state index in [1.807, 2.05) is 0 Å². The smallest absolute Gasteiger partial charge is 0.248 e. The summed E-state index contributed by atoms with van der Waals surface area (Å²) < 4.78 is 12.1. The number of ether oxygens (including phenoxy) is 2. The number of hydrogen-bond donors (Lipinski definition) is 6. The first-order valence-corrected chi connectivity index (χ1v) is 9.91. The number of amides is 2. The highest BCUT2D eigenvalue weighted by Crippen LogP contribution is 2.33. The Hall–Kier alpha value is -3.76. The number of benzene rings is 2. The maximum atomic E-state index is 11.3. The number of anilines is 4. The lowest BCUT2D eigenvalue weighted by atomic mass is 10.1. The summed E-state index contributed by atoms with van der Waals surface area (Å²) in [6.45, 7) is 8.04. The van der Waals surface area contributed by atoms with E-state index in [0.717, 1.165) is 0 Å². The minimum atomic E-state index is -0.843. The van der Waals surface area contributed by atoms with Gasteiger partial charge < -0.3 is 43.0 Å². The van der Waals surface area contributed by atoms with Gasteiger partial charge in [0.1, 0.15) is 12.2 Å². The molecule has 0 aromatic heterocycles. The predicted molar refractivity (Wildman–Crippen MR) is 124 cm³/mol. The third-order valence-corrected chi connectivity index (χ3v) is 4.99. The van der Waals surface area contributed by atoms with E-state index in [1.165, 1.54) is 12.1 Å². The van der Waals surface area contributed by atoms with E-state index in [-0.39, 0.29) is 0 Å². The van der Waals surface area contributed by atoms with Gasteiger partial charge in [-0.15, -0.1) is 0 Å². The summed E-state index contributed by atoms with van der Waals surface area (Å²) in [7, 11) is 0. The first-order valence-electron chi connectivity index (χ1n) is 9.91. The summed E-state index contributed by atoms with van der Waals surface area (Å²) >= 11 is 0. The zero-order valence-corrected chi connectivity index (χ0v) is 18.0. The van der Waals surface area contributed by atoms with Crippen molar-refractivity contribution in [3.8, 4) is 0 Å². The van der Waals surface area contributed by atoms with Crippen LogP contribution >= 0.6 is 0 Å². The predicted octanol–water partition coefficient (Wildman–Crippen LogP) is 1.61. The van der Waals surface area contributed by atoms with Crippen LogP contribution in [-0.4, -0.2) is 36.4 Å². The monoisotopic (exact) mass is 440 g/mol. The second-order valence-corrected chi connectivity index (χ2v) is 7.96. The molecule has 170 valence electrons. The summed E-state index contributed by atoms with van der Waals surface area (Å²) in [6, 6.07) is 9.49. The molecular formula is C22H28N6O4. The standard InChI is InChI=1S/C22H28N6O4/c1-11(28-17-7-5-13(21(26)30)9-15(17)24)19-18(31-22(2,3)32-19)10-27-16-6-4-12(20(25)29)8-14(16)23/h4-9,18-19,27-28H,1,10,23-24H2,2-3H3,(H2,25,29)(H2,26,30)/t18-,19-/m1/s1. The Labute approximate surface area is 185 Å². The highest BCUT2D eigenvalue weighted by Gasteiger charge is 2.42. The second-order valence-electron chi connectivity index (χ2n) is 7.96. The van der Waals surface area contributed by atoms with Gasteiger partial charge in [0.05, 0.1) is 22.7 Å². The molecule has 1 aliphatic heterocycles. The molecule has 0 unspecified atom stereocenters. The lowest BCUT2D eigenvalue weighted by molar-refractivity contribution is -0.142. The van der Waals surface area contributed by atoms with Crippen molar-refractivity contribution in [3.63, 3.8) is 0 Å². The van der Waals surface area contributed by atoms with Gasteiger partial charge in [-0.2, -0.15) is 0 Å². The van der Waals surface area contributed by atoms with E-state index in [9.17, 15) is 9.59 Å². The van der Waals surface area contributed by atoms with Gasteiger partial charge in [0.15, 0.2) is 5.79 Å². The summed E-state index contributed by atoms with van der Waals surface area (Å²) in [6.07, 6.45) is -0.926. The molecule has 0 radical (unpaired) electrons. The van der Waals surface area contributed by atoms with E-state index in [2.05, 4.69) is 17.2 Å². The minimum Gasteiger partial charge on any atom is -0.397 e. The van der Waals surface area contributed by atoms with Crippen molar-refractivity contribution in [2.24, 2.45) is 11.5 Å². The van der Waals surface area contributed by atoms with E-state index < -0.39 is 29.8 Å². The number of carbonyl (C=O) groups is 2. The van der Waals surface area contributed by atoms with E-state index in [4.69, 9.17) is 32.4 Å². The number of hydrogen-bond acceptors (Lipinski definition) is 8. The molecule has 0 saturated carbocycles. The zero-order valence-electron chi connectivity index (χ0n) is 18.0. The van der Waals surface area contributed by atoms with Crippen LogP contribution in [0.3, 0.4) is 0 Å². The van der Waals surface area contributed by atoms with Gasteiger partial charge in [-0.1, -0.05) is 6.58 Å². The van der Waals surface area contributed by atoms with Gasteiger partial charge in [0.25, 0.3) is 0 Å². The third kappa shape index (κ3) is 5.10. The number of primary amides is 2. The molecule has 2 aromatic carbocycles. The second kappa shape index (κ2) is 8.77. The molecule has 1 saturated heterocycles. The molecule has 2 amide bonds. The number of rotatable bonds is 8. The molecule has 1 fully saturated rings. The van der Waals surface area contributed by atoms with E-state index in [1.54, 1.807) is 38.1 Å². The van der Waals surface area contributed by atoms with Gasteiger partial charge >= 0.3 is 0 Å². The van der Waals surface area contributed by atoms with Crippen LogP contribution in [0.4, 0.5) is 22.7 Å². The van der Waals surface area contributed by atoms with Crippen LogP contribution in [0.25, 0.3) is 0 Å². The Balaban J connectivity index is 1.72. The Morgan fingerprint density at radius 2 is 1.50 bits per heavy atom. The zero-order chi connectivity index (χ0) is 23.6. The molecule has 0 bridgehead atoms. The number of carbonyl (C=O) groups excluding carboxylic acids is 2. The van der Waals surface area contributed by atoms with Gasteiger partial charge in [-0.25, -0.2) is 0 Å². The normalized spacial score (nSPS) is 19.3. The van der Waals surface area contributed by atoms with Gasteiger partial charge in [-0.05, 0) is 50.2 Å². The van der Waals surface area contributed by atoms with Crippen molar-refractivity contribution in [1.82, 2.24) is 0 Å². The van der Waals surface area contributed by atoms with Crippen molar-refractivity contribution < 1.29 is 19.1 Å². The van der Waals surface area contributed by atoms with Crippen LogP contribution in [0.5, 0.6) is 0 Å². The quantitative estimate of drug-likeness (QED) is 0.335. The fourth-order valence-corrected chi connectivity index (χ4v) is 3.44. The van der Waals surface area contributed by atoms with Crippen LogP contribution in [0.1, 0.15) is 34.6 Å². The largest absolute Gasteiger partial charge is 0.397 e. The number of nitrogens with one attached hydrogen (secondary N) is 2. The number of nitrogen functional groups attached to an aromatic ring is 2. The minimum absolute atomic E-state index is 0.308.